The van der Waals surface area contributed by atoms with E-state index in [-0.39, 0.29) is 6.61 Å². The van der Waals surface area contributed by atoms with E-state index in [0.717, 1.165) is 0 Å². The first kappa shape index (κ1) is 6.74. The Kier molecular flexibility index (Phi) is 2.43. The average Bonchev–Trinajstić information content (AvgIpc) is 2.03. The summed E-state index contributed by atoms with van der Waals surface area (Å²) in [5.74, 6) is 0.620. The number of hydrogen-bond acceptors (Lipinski definition) is 3. The summed E-state index contributed by atoms with van der Waals surface area (Å²) >= 11 is 0. The molecule has 0 aliphatic rings. The fourth-order valence-corrected chi connectivity index (χ4v) is 0.563. The normalized spacial score (nSPS) is 8.80. The summed E-state index contributed by atoms with van der Waals surface area (Å²) in [4.78, 5) is 13.6. The van der Waals surface area contributed by atoms with Crippen molar-refractivity contribution in [1.29, 1.82) is 0 Å². The Balaban J connectivity index is 2.50. The Morgan fingerprint density at radius 1 is 1.70 bits per heavy atom. The van der Waals surface area contributed by atoms with Crippen LogP contribution in [0, 0.1) is 0 Å². The Morgan fingerprint density at radius 3 is 3.20 bits per heavy atom. The van der Waals surface area contributed by atoms with Gasteiger partial charge in [0.1, 0.15) is 12.4 Å². The van der Waals surface area contributed by atoms with Gasteiger partial charge in [-0.2, -0.15) is 0 Å². The zero-order valence-electron chi connectivity index (χ0n) is 5.36. The molecule has 0 unspecified atom stereocenters. The molecule has 10 heavy (non-hydrogen) atoms. The number of carbonyl (C=O) groups is 1. The summed E-state index contributed by atoms with van der Waals surface area (Å²) in [5, 5.41) is 0. The molecule has 0 saturated heterocycles. The van der Waals surface area contributed by atoms with Crippen LogP contribution in [0.4, 0.5) is 0 Å². The maximum absolute atomic E-state index is 9.83. The molecule has 1 heterocycles. The van der Waals surface area contributed by atoms with E-state index in [4.69, 9.17) is 4.74 Å². The van der Waals surface area contributed by atoms with Gasteiger partial charge >= 0.3 is 0 Å². The summed E-state index contributed by atoms with van der Waals surface area (Å²) < 4.78 is 4.92. The molecule has 3 heteroatoms. The zero-order valence-corrected chi connectivity index (χ0v) is 5.36. The van der Waals surface area contributed by atoms with Gasteiger partial charge in [0.25, 0.3) is 0 Å². The molecule has 0 bridgehead atoms. The van der Waals surface area contributed by atoms with Crippen molar-refractivity contribution >= 4 is 6.29 Å². The van der Waals surface area contributed by atoms with Gasteiger partial charge in [-0.3, -0.25) is 9.78 Å². The van der Waals surface area contributed by atoms with Crippen LogP contribution in [0.3, 0.4) is 0 Å². The topological polar surface area (TPSA) is 39.2 Å². The average molecular weight is 137 g/mol. The van der Waals surface area contributed by atoms with Gasteiger partial charge in [-0.05, 0) is 12.1 Å². The van der Waals surface area contributed by atoms with Crippen molar-refractivity contribution in [2.75, 3.05) is 6.61 Å². The fraction of sp³-hybridized carbons (Fsp3) is 0.143. The number of aromatic nitrogens is 1. The number of aldehydes is 1. The van der Waals surface area contributed by atoms with E-state index >= 15 is 0 Å². The number of carbonyl (C=O) groups excluding carboxylic acids is 1. The number of hydrogen-bond donors (Lipinski definition) is 0. The highest BCUT2D eigenvalue weighted by molar-refractivity contribution is 5.51. The molecule has 0 saturated carbocycles. The van der Waals surface area contributed by atoms with Gasteiger partial charge in [-0.25, -0.2) is 0 Å². The van der Waals surface area contributed by atoms with E-state index in [2.05, 4.69) is 4.98 Å². The first-order valence-corrected chi connectivity index (χ1v) is 2.90. The lowest BCUT2D eigenvalue weighted by atomic mass is 10.5. The summed E-state index contributed by atoms with van der Waals surface area (Å²) in [5.41, 5.74) is 0. The van der Waals surface area contributed by atoms with Crippen LogP contribution >= 0.6 is 0 Å². The quantitative estimate of drug-likeness (QED) is 0.574. The lowest BCUT2D eigenvalue weighted by Crippen LogP contribution is -1.97. The molecule has 0 atom stereocenters. The van der Waals surface area contributed by atoms with Crippen molar-refractivity contribution in [2.24, 2.45) is 0 Å². The number of nitrogens with zero attached hydrogens (tertiary/aromatic N) is 1. The summed E-state index contributed by atoms with van der Waals surface area (Å²) in [6, 6.07) is 3.50. The summed E-state index contributed by atoms with van der Waals surface area (Å²) in [6.45, 7) is 0.0890. The minimum absolute atomic E-state index is 0.0890. The first-order chi connectivity index (χ1) is 4.93. The molecule has 1 aromatic heterocycles. The Labute approximate surface area is 58.7 Å². The largest absolute Gasteiger partial charge is 0.485 e. The van der Waals surface area contributed by atoms with E-state index in [0.29, 0.717) is 12.0 Å². The minimum Gasteiger partial charge on any atom is -0.485 e. The maximum atomic E-state index is 9.83. The first-order valence-electron chi connectivity index (χ1n) is 2.90. The Bertz CT molecular complexity index is 198. The predicted octanol–water partition coefficient (Wildman–Crippen LogP) is 0.659. The van der Waals surface area contributed by atoms with Gasteiger partial charge in [0.05, 0.1) is 6.20 Å². The second-order valence-electron chi connectivity index (χ2n) is 1.67. The molecule has 0 spiro atoms. The minimum atomic E-state index is 0.0890. The van der Waals surface area contributed by atoms with Crippen molar-refractivity contribution in [3.63, 3.8) is 0 Å². The molecule has 0 N–H and O–H groups in total. The standard InChI is InChI=1S/C7H7NO2/c9-4-5-10-7-2-1-3-8-6-7/h1-4,6H,5H2. The second-order valence-corrected chi connectivity index (χ2v) is 1.67. The highest BCUT2D eigenvalue weighted by Crippen LogP contribution is 2.04. The van der Waals surface area contributed by atoms with Crippen LogP contribution in [0.2, 0.25) is 0 Å². The van der Waals surface area contributed by atoms with Crippen molar-refractivity contribution in [1.82, 2.24) is 4.98 Å². The van der Waals surface area contributed by atoms with Crippen LogP contribution in [-0.2, 0) is 4.79 Å². The third-order valence-electron chi connectivity index (χ3n) is 0.952. The molecule has 0 aliphatic heterocycles. The van der Waals surface area contributed by atoms with E-state index < -0.39 is 0 Å². The molecule has 1 aromatic rings. The van der Waals surface area contributed by atoms with E-state index in [9.17, 15) is 4.79 Å². The number of rotatable bonds is 3. The van der Waals surface area contributed by atoms with Gasteiger partial charge < -0.3 is 4.74 Å². The third kappa shape index (κ3) is 1.85. The molecule has 0 fully saturated rings. The van der Waals surface area contributed by atoms with Crippen LogP contribution < -0.4 is 4.74 Å². The molecule has 0 amide bonds. The van der Waals surface area contributed by atoms with Crippen LogP contribution in [0.1, 0.15) is 0 Å². The highest BCUT2D eigenvalue weighted by atomic mass is 16.5. The SMILES string of the molecule is O=CCOc1cccnc1. The third-order valence-corrected chi connectivity index (χ3v) is 0.952. The molecule has 52 valence electrons. The van der Waals surface area contributed by atoms with Crippen molar-refractivity contribution in [3.8, 4) is 5.75 Å². The summed E-state index contributed by atoms with van der Waals surface area (Å²) in [7, 11) is 0. The van der Waals surface area contributed by atoms with E-state index in [1.54, 1.807) is 24.5 Å². The molecule has 0 aromatic carbocycles. The highest BCUT2D eigenvalue weighted by Gasteiger charge is 1.87. The molecular formula is C7H7NO2. The van der Waals surface area contributed by atoms with Gasteiger partial charge in [0, 0.05) is 6.20 Å². The van der Waals surface area contributed by atoms with Gasteiger partial charge in [0.2, 0.25) is 0 Å². The van der Waals surface area contributed by atoms with Crippen LogP contribution in [-0.4, -0.2) is 17.9 Å². The molecular weight excluding hydrogens is 130 g/mol. The molecule has 1 rings (SSSR count). The zero-order chi connectivity index (χ0) is 7.23. The summed E-state index contributed by atoms with van der Waals surface area (Å²) in [6.07, 6.45) is 3.91. The van der Waals surface area contributed by atoms with Gasteiger partial charge in [-0.15, -0.1) is 0 Å². The smallest absolute Gasteiger partial charge is 0.157 e. The van der Waals surface area contributed by atoms with Crippen molar-refractivity contribution < 1.29 is 9.53 Å². The van der Waals surface area contributed by atoms with Crippen LogP contribution in [0.25, 0.3) is 0 Å². The van der Waals surface area contributed by atoms with Crippen LogP contribution in [0.15, 0.2) is 24.5 Å². The molecule has 3 nitrogen and oxygen atoms in total. The van der Waals surface area contributed by atoms with Gasteiger partial charge in [0.15, 0.2) is 6.29 Å². The number of pyridine rings is 1. The van der Waals surface area contributed by atoms with Crippen LogP contribution in [0.5, 0.6) is 5.75 Å². The lowest BCUT2D eigenvalue weighted by Gasteiger charge is -1.97. The molecule has 0 aliphatic carbocycles. The Morgan fingerprint density at radius 2 is 2.60 bits per heavy atom. The van der Waals surface area contributed by atoms with E-state index in [1.165, 1.54) is 0 Å². The predicted molar refractivity (Wildman–Crippen MR) is 35.8 cm³/mol. The van der Waals surface area contributed by atoms with Crippen molar-refractivity contribution in [3.05, 3.63) is 24.5 Å². The lowest BCUT2D eigenvalue weighted by molar-refractivity contribution is -0.109. The van der Waals surface area contributed by atoms with Crippen molar-refractivity contribution in [2.45, 2.75) is 0 Å². The maximum Gasteiger partial charge on any atom is 0.157 e. The van der Waals surface area contributed by atoms with Gasteiger partial charge in [-0.1, -0.05) is 0 Å². The fourth-order valence-electron chi connectivity index (χ4n) is 0.563. The number of ether oxygens (including phenoxy) is 1. The van der Waals surface area contributed by atoms with E-state index in [1.807, 2.05) is 0 Å². The Hall–Kier alpha value is -1.38. The monoisotopic (exact) mass is 137 g/mol. The molecule has 0 radical (unpaired) electrons. The second kappa shape index (κ2) is 3.61.